The van der Waals surface area contributed by atoms with Crippen molar-refractivity contribution in [3.8, 4) is 11.5 Å². The fraction of sp³-hybridized carbons (Fsp3) is 0.594. The second-order valence-electron chi connectivity index (χ2n) is 11.4. The Morgan fingerprint density at radius 3 is 2.67 bits per heavy atom. The minimum Gasteiger partial charge on any atom is -0.457 e. The summed E-state index contributed by atoms with van der Waals surface area (Å²) in [5.41, 5.74) is -0.919. The van der Waals surface area contributed by atoms with Gasteiger partial charge in [0.2, 0.25) is 5.91 Å². The Morgan fingerprint density at radius 1 is 1.21 bits per heavy atom. The quantitative estimate of drug-likeness (QED) is 0.265. The Bertz CT molecular complexity index is 1020. The van der Waals surface area contributed by atoms with Crippen molar-refractivity contribution in [1.29, 1.82) is 0 Å². The van der Waals surface area contributed by atoms with Gasteiger partial charge in [0, 0.05) is 44.7 Å². The molecule has 0 spiro atoms. The molecule has 3 rings (SSSR count). The Kier molecular flexibility index (Phi) is 12.2. The van der Waals surface area contributed by atoms with Crippen LogP contribution in [-0.2, 0) is 15.1 Å². The molecule has 216 valence electrons. The maximum atomic E-state index is 14.7. The number of rotatable bonds is 15. The van der Waals surface area contributed by atoms with Gasteiger partial charge in [-0.15, -0.1) is 0 Å². The largest absolute Gasteiger partial charge is 0.457 e. The number of carbonyl (C=O) groups is 1. The zero-order chi connectivity index (χ0) is 28.3. The predicted molar refractivity (Wildman–Crippen MR) is 153 cm³/mol. The number of nitrogens with one attached hydrogen (secondary N) is 1. The molecule has 1 fully saturated rings. The third-order valence-electron chi connectivity index (χ3n) is 7.75. The molecule has 0 aliphatic carbocycles. The van der Waals surface area contributed by atoms with Gasteiger partial charge in [-0.25, -0.2) is 4.39 Å². The van der Waals surface area contributed by atoms with Gasteiger partial charge in [-0.05, 0) is 94.3 Å². The molecule has 0 bridgehead atoms. The van der Waals surface area contributed by atoms with Crippen LogP contribution in [0.15, 0.2) is 48.5 Å². The fourth-order valence-electron chi connectivity index (χ4n) is 5.91. The molecule has 2 aromatic carbocycles. The Hall–Kier alpha value is -2.48. The van der Waals surface area contributed by atoms with E-state index in [1.54, 1.807) is 13.2 Å². The second-order valence-corrected chi connectivity index (χ2v) is 11.4. The molecule has 1 aliphatic rings. The summed E-state index contributed by atoms with van der Waals surface area (Å²) in [4.78, 5) is 15.4. The molecule has 0 unspecified atom stereocenters. The highest BCUT2D eigenvalue weighted by Gasteiger charge is 2.43. The number of ether oxygens (including phenoxy) is 2. The monoisotopic (exact) mass is 542 g/mol. The first-order valence-electron chi connectivity index (χ1n) is 14.4. The number of hydrogen-bond donors (Lipinski definition) is 2. The maximum Gasteiger partial charge on any atom is 0.222 e. The van der Waals surface area contributed by atoms with Crippen LogP contribution in [0.4, 0.5) is 4.39 Å². The van der Waals surface area contributed by atoms with Crippen molar-refractivity contribution in [2.45, 2.75) is 64.4 Å². The van der Waals surface area contributed by atoms with Crippen LogP contribution < -0.4 is 10.1 Å². The molecule has 39 heavy (non-hydrogen) atoms. The Balaban J connectivity index is 1.89. The normalized spacial score (nSPS) is 18.1. The molecule has 0 radical (unpaired) electrons. The van der Waals surface area contributed by atoms with Crippen LogP contribution >= 0.6 is 0 Å². The van der Waals surface area contributed by atoms with Crippen LogP contribution in [0.5, 0.6) is 11.5 Å². The highest BCUT2D eigenvalue weighted by atomic mass is 19.1. The van der Waals surface area contributed by atoms with Gasteiger partial charge in [-0.2, -0.15) is 0 Å². The molecule has 1 aliphatic heterocycles. The zero-order valence-electron chi connectivity index (χ0n) is 24.1. The van der Waals surface area contributed by atoms with E-state index in [1.807, 2.05) is 42.3 Å². The average molecular weight is 543 g/mol. The lowest BCUT2D eigenvalue weighted by molar-refractivity contribution is -0.138. The van der Waals surface area contributed by atoms with Crippen molar-refractivity contribution in [2.75, 3.05) is 40.4 Å². The number of para-hydroxylation sites is 1. The molecule has 0 aromatic heterocycles. The summed E-state index contributed by atoms with van der Waals surface area (Å²) < 4.78 is 26.1. The topological polar surface area (TPSA) is 71.0 Å². The number of unbranched alkanes of at least 4 members (excludes halogenated alkanes) is 1. The van der Waals surface area contributed by atoms with Crippen molar-refractivity contribution in [3.63, 3.8) is 0 Å². The molecule has 2 aromatic rings. The van der Waals surface area contributed by atoms with Crippen LogP contribution in [0.25, 0.3) is 0 Å². The van der Waals surface area contributed by atoms with E-state index in [-0.39, 0.29) is 17.7 Å². The number of benzene rings is 2. The van der Waals surface area contributed by atoms with Gasteiger partial charge < -0.3 is 24.8 Å². The third kappa shape index (κ3) is 9.02. The van der Waals surface area contributed by atoms with E-state index in [2.05, 4.69) is 19.2 Å². The molecule has 3 atom stereocenters. The number of aliphatic hydroxyl groups is 1. The molecule has 7 heteroatoms. The zero-order valence-corrected chi connectivity index (χ0v) is 24.1. The minimum absolute atomic E-state index is 0.127. The lowest BCUT2D eigenvalue weighted by Gasteiger charge is -2.43. The smallest absolute Gasteiger partial charge is 0.222 e. The van der Waals surface area contributed by atoms with Gasteiger partial charge in [0.15, 0.2) is 0 Å². The second kappa shape index (κ2) is 15.3. The maximum absolute atomic E-state index is 14.7. The highest BCUT2D eigenvalue weighted by molar-refractivity contribution is 5.76. The lowest BCUT2D eigenvalue weighted by atomic mass is 9.73. The average Bonchev–Trinajstić information content (AvgIpc) is 2.92. The number of nitrogens with zero attached hydrogens (tertiary/aromatic N) is 1. The van der Waals surface area contributed by atoms with Crippen LogP contribution in [0.1, 0.15) is 64.4 Å². The molecule has 6 nitrogen and oxygen atoms in total. The van der Waals surface area contributed by atoms with Crippen molar-refractivity contribution in [3.05, 3.63) is 59.9 Å². The molecule has 0 saturated carbocycles. The van der Waals surface area contributed by atoms with E-state index in [0.29, 0.717) is 61.9 Å². The summed E-state index contributed by atoms with van der Waals surface area (Å²) in [5.74, 6) is 1.30. The van der Waals surface area contributed by atoms with Gasteiger partial charge in [0.05, 0.1) is 5.60 Å². The van der Waals surface area contributed by atoms with E-state index in [4.69, 9.17) is 9.47 Å². The number of amides is 1. The molecule has 1 saturated heterocycles. The first-order valence-corrected chi connectivity index (χ1v) is 14.4. The van der Waals surface area contributed by atoms with E-state index in [9.17, 15) is 14.3 Å². The number of hydrogen-bond acceptors (Lipinski definition) is 5. The van der Waals surface area contributed by atoms with E-state index >= 15 is 0 Å². The predicted octanol–water partition coefficient (Wildman–Crippen LogP) is 6.13. The molecule has 1 amide bonds. The van der Waals surface area contributed by atoms with Gasteiger partial charge in [0.1, 0.15) is 17.3 Å². The molecule has 2 N–H and O–H groups in total. The number of halogens is 1. The first-order chi connectivity index (χ1) is 18.8. The van der Waals surface area contributed by atoms with Crippen LogP contribution in [0.3, 0.4) is 0 Å². The number of methoxy groups -OCH3 is 1. The summed E-state index contributed by atoms with van der Waals surface area (Å²) in [5, 5.41) is 15.7. The van der Waals surface area contributed by atoms with Gasteiger partial charge in [-0.3, -0.25) is 4.79 Å². The Labute approximate surface area is 233 Å². The highest BCUT2D eigenvalue weighted by Crippen LogP contribution is 2.44. The van der Waals surface area contributed by atoms with Crippen LogP contribution in [0.2, 0.25) is 0 Å². The summed E-state index contributed by atoms with van der Waals surface area (Å²) in [7, 11) is 3.59. The van der Waals surface area contributed by atoms with E-state index < -0.39 is 11.4 Å². The van der Waals surface area contributed by atoms with Crippen molar-refractivity contribution in [2.24, 2.45) is 17.8 Å². The lowest BCUT2D eigenvalue weighted by Crippen LogP contribution is -2.48. The standard InChI is InChI=1S/C32H47FN2O4/c1-24(2)19-25(22-34-3)20-31(36)35-17-10-11-26(23-35)32(37,16-8-9-18-38-4)29-21-27(33)14-15-30(29)39-28-12-6-5-7-13-28/h5-7,12-15,21,24-26,34,37H,8-11,16-20,22-23H2,1-4H3/t25-,26-,32+/m1/s1. The number of piperidine rings is 1. The van der Waals surface area contributed by atoms with Gasteiger partial charge >= 0.3 is 0 Å². The summed E-state index contributed by atoms with van der Waals surface area (Å²) >= 11 is 0. The number of carbonyl (C=O) groups excluding carboxylic acids is 1. The molecule has 1 heterocycles. The van der Waals surface area contributed by atoms with Gasteiger partial charge in [-0.1, -0.05) is 32.0 Å². The van der Waals surface area contributed by atoms with Crippen molar-refractivity contribution >= 4 is 5.91 Å². The SMILES string of the molecule is CNC[C@@H](CC(=O)N1CCC[C@@H]([C@@](O)(CCCCOC)c2cc(F)ccc2Oc2ccccc2)C1)CC(C)C. The number of likely N-dealkylation sites (tertiary alicyclic amines) is 1. The Morgan fingerprint density at radius 2 is 1.97 bits per heavy atom. The summed E-state index contributed by atoms with van der Waals surface area (Å²) in [6.07, 6.45) is 4.91. The summed E-state index contributed by atoms with van der Waals surface area (Å²) in [6, 6.07) is 13.7. The van der Waals surface area contributed by atoms with Crippen LogP contribution in [-0.4, -0.2) is 56.3 Å². The minimum atomic E-state index is -1.36. The van der Waals surface area contributed by atoms with E-state index in [1.165, 1.54) is 12.1 Å². The molecular formula is C32H47FN2O4. The first kappa shape index (κ1) is 31.1. The third-order valence-corrected chi connectivity index (χ3v) is 7.75. The van der Waals surface area contributed by atoms with Crippen molar-refractivity contribution in [1.82, 2.24) is 10.2 Å². The fourth-order valence-corrected chi connectivity index (χ4v) is 5.91. The van der Waals surface area contributed by atoms with E-state index in [0.717, 1.165) is 32.2 Å². The summed E-state index contributed by atoms with van der Waals surface area (Å²) in [6.45, 7) is 6.87. The van der Waals surface area contributed by atoms with Crippen molar-refractivity contribution < 1.29 is 23.8 Å². The van der Waals surface area contributed by atoms with Crippen LogP contribution in [0, 0.1) is 23.6 Å². The van der Waals surface area contributed by atoms with Gasteiger partial charge in [0.25, 0.3) is 0 Å². The molecular weight excluding hydrogens is 495 g/mol.